The van der Waals surface area contributed by atoms with Crippen molar-refractivity contribution < 1.29 is 50.1 Å². The maximum Gasteiger partial charge on any atom is 0.328 e. The summed E-state index contributed by atoms with van der Waals surface area (Å²) in [6.45, 7) is -1.69. The molecule has 0 unspecified atom stereocenters. The molecule has 0 radical (unpaired) electrons. The van der Waals surface area contributed by atoms with Crippen molar-refractivity contribution in [2.45, 2.75) is 18.3 Å². The van der Waals surface area contributed by atoms with Gasteiger partial charge in [0.2, 0.25) is 0 Å². The number of hydrogen-bond donors (Lipinski definition) is 7. The molecule has 0 aromatic heterocycles. The van der Waals surface area contributed by atoms with Crippen molar-refractivity contribution in [3.63, 3.8) is 0 Å². The highest BCUT2D eigenvalue weighted by atomic mass is 16.4. The molecule has 0 aliphatic heterocycles. The molecule has 0 fully saturated rings. The van der Waals surface area contributed by atoms with E-state index in [1.54, 1.807) is 0 Å². The first-order chi connectivity index (χ1) is 9.17. The first kappa shape index (κ1) is 20.5. The zero-order chi connectivity index (χ0) is 16.3. The van der Waals surface area contributed by atoms with Crippen LogP contribution in [-0.4, -0.2) is 85.0 Å². The van der Waals surface area contributed by atoms with Crippen LogP contribution in [0.5, 0.6) is 0 Å². The van der Waals surface area contributed by atoms with Crippen molar-refractivity contribution in [3.05, 3.63) is 12.2 Å². The van der Waals surface area contributed by atoms with Gasteiger partial charge in [-0.1, -0.05) is 0 Å². The number of carbonyl (C=O) groups is 3. The fraction of sp³-hybridized carbons (Fsp3) is 0.500. The van der Waals surface area contributed by atoms with E-state index in [1.165, 1.54) is 0 Å². The maximum absolute atomic E-state index is 10.5. The van der Waals surface area contributed by atoms with Gasteiger partial charge in [-0.25, -0.2) is 9.59 Å². The number of hydrogen-bond acceptors (Lipinski definition) is 8. The molecule has 0 amide bonds. The molecule has 0 rings (SSSR count). The van der Waals surface area contributed by atoms with Gasteiger partial charge in [-0.2, -0.15) is 0 Å². The quantitative estimate of drug-likeness (QED) is 0.230. The van der Waals surface area contributed by atoms with Gasteiger partial charge in [0, 0.05) is 12.2 Å². The standard InChI is InChI=1S/C6H12O6.C4H4O4/c7-1-3(9)5(11)6(12)4(10)2-8;5-3(6)1-2-4(7)8/h3,5-9,11-12H,1-2H2;1-2H,(H,5,6)(H,7,8)/b;2-1+/t3-,5-,6-;/m1./s1. The topological polar surface area (TPSA) is 193 Å². The van der Waals surface area contributed by atoms with E-state index >= 15 is 0 Å². The lowest BCUT2D eigenvalue weighted by molar-refractivity contribution is -0.142. The molecule has 0 saturated carbocycles. The van der Waals surface area contributed by atoms with Crippen molar-refractivity contribution in [3.8, 4) is 0 Å². The second kappa shape index (κ2) is 11.0. The number of carbonyl (C=O) groups excluding carboxylic acids is 1. The molecule has 0 heterocycles. The zero-order valence-electron chi connectivity index (χ0n) is 10.2. The van der Waals surface area contributed by atoms with Crippen molar-refractivity contribution >= 4 is 17.7 Å². The van der Waals surface area contributed by atoms with Crippen molar-refractivity contribution in [2.24, 2.45) is 0 Å². The molecule has 0 bridgehead atoms. The molecule has 0 saturated heterocycles. The van der Waals surface area contributed by atoms with Gasteiger partial charge in [0.05, 0.1) is 6.61 Å². The van der Waals surface area contributed by atoms with Gasteiger partial charge in [0.1, 0.15) is 24.9 Å². The second-order valence-corrected chi connectivity index (χ2v) is 3.32. The Bertz CT molecular complexity index is 334. The van der Waals surface area contributed by atoms with Crippen LogP contribution in [0.1, 0.15) is 0 Å². The lowest BCUT2D eigenvalue weighted by Gasteiger charge is -2.19. The van der Waals surface area contributed by atoms with Gasteiger partial charge >= 0.3 is 11.9 Å². The van der Waals surface area contributed by atoms with Crippen LogP contribution in [-0.2, 0) is 14.4 Å². The normalized spacial score (nSPS) is 14.8. The van der Waals surface area contributed by atoms with E-state index in [9.17, 15) is 14.4 Å². The summed E-state index contributed by atoms with van der Waals surface area (Å²) in [7, 11) is 0. The number of carboxylic acids is 2. The molecule has 3 atom stereocenters. The van der Waals surface area contributed by atoms with Crippen LogP contribution in [0.4, 0.5) is 0 Å². The predicted molar refractivity (Wildman–Crippen MR) is 61.6 cm³/mol. The first-order valence-corrected chi connectivity index (χ1v) is 5.09. The summed E-state index contributed by atoms with van der Waals surface area (Å²) >= 11 is 0. The molecule has 0 aliphatic carbocycles. The van der Waals surface area contributed by atoms with Crippen molar-refractivity contribution in [1.29, 1.82) is 0 Å². The van der Waals surface area contributed by atoms with Crippen LogP contribution < -0.4 is 0 Å². The Morgan fingerprint density at radius 3 is 1.55 bits per heavy atom. The number of Topliss-reactive ketones (excluding diaryl/α,β-unsaturated/α-hetero) is 1. The Labute approximate surface area is 112 Å². The molecular formula is C10H16O10. The molecule has 0 spiro atoms. The Morgan fingerprint density at radius 2 is 1.30 bits per heavy atom. The predicted octanol–water partition coefficient (Wildman–Crippen LogP) is -3.67. The molecule has 0 aromatic rings. The number of aliphatic hydroxyl groups excluding tert-OH is 5. The summed E-state index contributed by atoms with van der Waals surface area (Å²) in [5.74, 6) is -3.52. The van der Waals surface area contributed by atoms with Gasteiger partial charge in [-0.15, -0.1) is 0 Å². The molecule has 10 nitrogen and oxygen atoms in total. The van der Waals surface area contributed by atoms with Crippen LogP contribution in [0.15, 0.2) is 12.2 Å². The third kappa shape index (κ3) is 10.1. The van der Waals surface area contributed by atoms with Crippen LogP contribution in [0.25, 0.3) is 0 Å². The average Bonchev–Trinajstić information content (AvgIpc) is 2.42. The third-order valence-corrected chi connectivity index (χ3v) is 1.76. The van der Waals surface area contributed by atoms with Gasteiger partial charge in [-0.3, -0.25) is 4.79 Å². The molecular weight excluding hydrogens is 280 g/mol. The fourth-order valence-corrected chi connectivity index (χ4v) is 0.745. The summed E-state index contributed by atoms with van der Waals surface area (Å²) in [4.78, 5) is 29.6. The van der Waals surface area contributed by atoms with E-state index in [2.05, 4.69) is 0 Å². The van der Waals surface area contributed by atoms with Crippen LogP contribution >= 0.6 is 0 Å². The minimum absolute atomic E-state index is 0.558. The second-order valence-electron chi connectivity index (χ2n) is 3.32. The van der Waals surface area contributed by atoms with Crippen LogP contribution in [0.2, 0.25) is 0 Å². The highest BCUT2D eigenvalue weighted by Gasteiger charge is 2.28. The molecule has 7 N–H and O–H groups in total. The highest BCUT2D eigenvalue weighted by molar-refractivity contribution is 5.89. The SMILES string of the molecule is O=C(CO)[C@@H](O)[C@H](O)[C@H](O)CO.O=C(O)/C=C/C(=O)O. The third-order valence-electron chi connectivity index (χ3n) is 1.76. The van der Waals surface area contributed by atoms with Crippen molar-refractivity contribution in [2.75, 3.05) is 13.2 Å². The van der Waals surface area contributed by atoms with E-state index in [1.807, 2.05) is 0 Å². The summed E-state index contributed by atoms with van der Waals surface area (Å²) in [5.41, 5.74) is 0. The monoisotopic (exact) mass is 296 g/mol. The minimum atomic E-state index is -1.86. The van der Waals surface area contributed by atoms with Crippen LogP contribution in [0, 0.1) is 0 Å². The van der Waals surface area contributed by atoms with Gasteiger partial charge in [0.15, 0.2) is 5.78 Å². The summed E-state index contributed by atoms with van der Waals surface area (Å²) in [6.07, 6.45) is -4.10. The Balaban J connectivity index is 0. The largest absolute Gasteiger partial charge is 0.478 e. The Morgan fingerprint density at radius 1 is 0.900 bits per heavy atom. The van der Waals surface area contributed by atoms with Crippen molar-refractivity contribution in [1.82, 2.24) is 0 Å². The number of aliphatic carboxylic acids is 2. The van der Waals surface area contributed by atoms with E-state index in [0.29, 0.717) is 12.2 Å². The maximum atomic E-state index is 10.5. The molecule has 0 aliphatic rings. The van der Waals surface area contributed by atoms with E-state index in [4.69, 9.17) is 35.7 Å². The Kier molecular flexibility index (Phi) is 11.3. The molecule has 10 heteroatoms. The van der Waals surface area contributed by atoms with Gasteiger partial charge in [0.25, 0.3) is 0 Å². The molecule has 116 valence electrons. The van der Waals surface area contributed by atoms with Gasteiger partial charge in [-0.05, 0) is 0 Å². The number of ketones is 1. The van der Waals surface area contributed by atoms with E-state index in [-0.39, 0.29) is 0 Å². The zero-order valence-corrected chi connectivity index (χ0v) is 10.2. The molecule has 0 aromatic carbocycles. The highest BCUT2D eigenvalue weighted by Crippen LogP contribution is 2.00. The first-order valence-electron chi connectivity index (χ1n) is 5.09. The van der Waals surface area contributed by atoms with Gasteiger partial charge < -0.3 is 35.7 Å². The Hall–Kier alpha value is -1.85. The lowest BCUT2D eigenvalue weighted by atomic mass is 10.1. The fourth-order valence-electron chi connectivity index (χ4n) is 0.745. The number of rotatable bonds is 7. The van der Waals surface area contributed by atoms with Crippen LogP contribution in [0.3, 0.4) is 0 Å². The van der Waals surface area contributed by atoms with E-state index < -0.39 is 49.2 Å². The number of carboxylic acid groups (broad SMARTS) is 2. The number of aliphatic hydroxyl groups is 5. The molecule has 20 heavy (non-hydrogen) atoms. The smallest absolute Gasteiger partial charge is 0.328 e. The summed E-state index contributed by atoms with van der Waals surface area (Å²) in [6, 6.07) is 0. The van der Waals surface area contributed by atoms with E-state index in [0.717, 1.165) is 0 Å². The summed E-state index contributed by atoms with van der Waals surface area (Å²) < 4.78 is 0. The average molecular weight is 296 g/mol. The summed E-state index contributed by atoms with van der Waals surface area (Å²) in [5, 5.41) is 58.7. The lowest BCUT2D eigenvalue weighted by Crippen LogP contribution is -2.44. The minimum Gasteiger partial charge on any atom is -0.478 e.